The van der Waals surface area contributed by atoms with Gasteiger partial charge in [-0.2, -0.15) is 5.10 Å². The number of anilines is 1. The Hall–Kier alpha value is -1.86. The predicted octanol–water partition coefficient (Wildman–Crippen LogP) is 4.21. The maximum atomic E-state index is 11.4. The Bertz CT molecular complexity index is 871. The lowest BCUT2D eigenvalue weighted by Gasteiger charge is -2.11. The van der Waals surface area contributed by atoms with Gasteiger partial charge < -0.3 is 5.32 Å². The third-order valence-electron chi connectivity index (χ3n) is 4.11. The summed E-state index contributed by atoms with van der Waals surface area (Å²) in [5, 5.41) is 9.84. The van der Waals surface area contributed by atoms with E-state index in [4.69, 9.17) is 5.10 Å². The first kappa shape index (κ1) is 17.9. The highest BCUT2D eigenvalue weighted by atomic mass is 32.2. The summed E-state index contributed by atoms with van der Waals surface area (Å²) < 4.78 is 1.96. The molecule has 132 valence electrons. The highest BCUT2D eigenvalue weighted by molar-refractivity contribution is 7.98. The molecule has 1 aliphatic carbocycles. The maximum absolute atomic E-state index is 11.4. The van der Waals surface area contributed by atoms with E-state index in [1.165, 1.54) is 25.5 Å². The zero-order valence-corrected chi connectivity index (χ0v) is 16.3. The molecule has 0 bridgehead atoms. The summed E-state index contributed by atoms with van der Waals surface area (Å²) in [6, 6.07) is 6.08. The second kappa shape index (κ2) is 8.01. The van der Waals surface area contributed by atoms with Crippen molar-refractivity contribution in [2.24, 2.45) is 10.1 Å². The van der Waals surface area contributed by atoms with Gasteiger partial charge in [0.05, 0.1) is 11.4 Å². The number of carbonyl (C=O) groups is 1. The van der Waals surface area contributed by atoms with E-state index in [0.717, 1.165) is 39.5 Å². The fraction of sp³-hybridized carbons (Fsp3) is 0.389. The molecule has 0 saturated heterocycles. The summed E-state index contributed by atoms with van der Waals surface area (Å²) in [4.78, 5) is 17.7. The van der Waals surface area contributed by atoms with Crippen molar-refractivity contribution in [3.05, 3.63) is 28.4 Å². The lowest BCUT2D eigenvalue weighted by atomic mass is 10.1. The second-order valence-electron chi connectivity index (χ2n) is 5.91. The fourth-order valence-electron chi connectivity index (χ4n) is 2.91. The molecule has 7 heteroatoms. The number of thioether (sulfide) groups is 1. The van der Waals surface area contributed by atoms with Gasteiger partial charge in [0, 0.05) is 35.5 Å². The predicted molar refractivity (Wildman–Crippen MR) is 107 cm³/mol. The number of hydrogen-bond acceptors (Lipinski definition) is 5. The lowest BCUT2D eigenvalue weighted by molar-refractivity contribution is -0.114. The molecule has 1 N–H and O–H groups in total. The molecular weight excluding hydrogens is 352 g/mol. The molecule has 1 aliphatic rings. The molecule has 3 rings (SSSR count). The summed E-state index contributed by atoms with van der Waals surface area (Å²) in [6.07, 6.45) is 6.60. The van der Waals surface area contributed by atoms with E-state index in [0.29, 0.717) is 0 Å². The van der Waals surface area contributed by atoms with Crippen LogP contribution in [0, 0.1) is 0 Å². The number of nitrogens with one attached hydrogen (secondary N) is 1. The van der Waals surface area contributed by atoms with Gasteiger partial charge in [-0.15, -0.1) is 23.1 Å². The minimum Gasteiger partial charge on any atom is -0.325 e. The number of aromatic nitrogens is 1. The first-order valence-electron chi connectivity index (χ1n) is 8.28. The third-order valence-corrected chi connectivity index (χ3v) is 5.79. The van der Waals surface area contributed by atoms with Crippen LogP contribution in [-0.4, -0.2) is 29.6 Å². The summed E-state index contributed by atoms with van der Waals surface area (Å²) >= 11 is 3.21. The standard InChI is InChI=1S/C18H22N4OS2/c1-12(23)20-15-9-8-13(10-17(15)24-3)16-11-25-18(19-2)22(16)21-14-6-4-5-7-14/h8-11H,4-7H2,1-3H3,(H,20,23). The highest BCUT2D eigenvalue weighted by Crippen LogP contribution is 2.31. The Morgan fingerprint density at radius 2 is 2.08 bits per heavy atom. The van der Waals surface area contributed by atoms with Crippen LogP contribution in [0.15, 0.2) is 38.6 Å². The number of carbonyl (C=O) groups excluding carboxylic acids is 1. The molecule has 0 radical (unpaired) electrons. The van der Waals surface area contributed by atoms with Gasteiger partial charge in [0.15, 0.2) is 0 Å². The number of nitrogens with zero attached hydrogens (tertiary/aromatic N) is 3. The van der Waals surface area contributed by atoms with Crippen molar-refractivity contribution in [1.29, 1.82) is 0 Å². The molecule has 0 unspecified atom stereocenters. The number of hydrogen-bond donors (Lipinski definition) is 1. The summed E-state index contributed by atoms with van der Waals surface area (Å²) in [5.41, 5.74) is 4.20. The monoisotopic (exact) mass is 374 g/mol. The largest absolute Gasteiger partial charge is 0.325 e. The molecule has 0 atom stereocenters. The van der Waals surface area contributed by atoms with E-state index in [1.54, 1.807) is 30.1 Å². The number of amides is 1. The van der Waals surface area contributed by atoms with Gasteiger partial charge in [0.25, 0.3) is 0 Å². The van der Waals surface area contributed by atoms with Gasteiger partial charge >= 0.3 is 0 Å². The molecule has 1 fully saturated rings. The van der Waals surface area contributed by atoms with E-state index < -0.39 is 0 Å². The SMILES string of the molecule is CN=c1scc(-c2ccc(NC(C)=O)c(SC)c2)n1N=C1CCCC1. The van der Waals surface area contributed by atoms with E-state index in [2.05, 4.69) is 21.8 Å². The van der Waals surface area contributed by atoms with E-state index in [-0.39, 0.29) is 5.91 Å². The number of rotatable bonds is 4. The van der Waals surface area contributed by atoms with Crippen molar-refractivity contribution in [2.75, 3.05) is 18.6 Å². The van der Waals surface area contributed by atoms with Crippen molar-refractivity contribution >= 4 is 40.4 Å². The minimum absolute atomic E-state index is 0.0617. The molecule has 1 aromatic carbocycles. The van der Waals surface area contributed by atoms with Crippen LogP contribution in [-0.2, 0) is 4.79 Å². The maximum Gasteiger partial charge on any atom is 0.221 e. The van der Waals surface area contributed by atoms with Gasteiger partial charge in [-0.3, -0.25) is 9.79 Å². The number of thiazole rings is 1. The normalized spacial score (nSPS) is 14.8. The van der Waals surface area contributed by atoms with Gasteiger partial charge in [-0.25, -0.2) is 4.68 Å². The smallest absolute Gasteiger partial charge is 0.221 e. The molecule has 2 aromatic rings. The van der Waals surface area contributed by atoms with Crippen LogP contribution < -0.4 is 10.1 Å². The molecular formula is C18H22N4OS2. The van der Waals surface area contributed by atoms with Crippen LogP contribution in [0.1, 0.15) is 32.6 Å². The molecule has 1 saturated carbocycles. The van der Waals surface area contributed by atoms with E-state index >= 15 is 0 Å². The quantitative estimate of drug-likeness (QED) is 0.815. The Kier molecular flexibility index (Phi) is 5.75. The van der Waals surface area contributed by atoms with Crippen LogP contribution >= 0.6 is 23.1 Å². The summed E-state index contributed by atoms with van der Waals surface area (Å²) in [7, 11) is 1.80. The van der Waals surface area contributed by atoms with Crippen LogP contribution in [0.3, 0.4) is 0 Å². The molecule has 0 aliphatic heterocycles. The van der Waals surface area contributed by atoms with Gasteiger partial charge in [0.2, 0.25) is 10.7 Å². The van der Waals surface area contributed by atoms with Crippen molar-refractivity contribution in [2.45, 2.75) is 37.5 Å². The lowest BCUT2D eigenvalue weighted by Crippen LogP contribution is -2.13. The van der Waals surface area contributed by atoms with Gasteiger partial charge in [-0.1, -0.05) is 6.07 Å². The summed E-state index contributed by atoms with van der Waals surface area (Å²) in [5.74, 6) is -0.0617. The molecule has 0 spiro atoms. The highest BCUT2D eigenvalue weighted by Gasteiger charge is 2.14. The first-order chi connectivity index (χ1) is 12.1. The summed E-state index contributed by atoms with van der Waals surface area (Å²) in [6.45, 7) is 1.53. The van der Waals surface area contributed by atoms with Crippen LogP contribution in [0.4, 0.5) is 5.69 Å². The molecule has 1 amide bonds. The van der Waals surface area contributed by atoms with Crippen molar-refractivity contribution in [3.63, 3.8) is 0 Å². The van der Waals surface area contributed by atoms with Crippen molar-refractivity contribution in [3.8, 4) is 11.3 Å². The minimum atomic E-state index is -0.0617. The topological polar surface area (TPSA) is 58.8 Å². The van der Waals surface area contributed by atoms with Crippen LogP contribution in [0.2, 0.25) is 0 Å². The molecule has 5 nitrogen and oxygen atoms in total. The zero-order chi connectivity index (χ0) is 17.8. The van der Waals surface area contributed by atoms with Crippen LogP contribution in [0.5, 0.6) is 0 Å². The average molecular weight is 375 g/mol. The molecule has 1 heterocycles. The van der Waals surface area contributed by atoms with E-state index in [1.807, 2.05) is 23.1 Å². The average Bonchev–Trinajstić information content (AvgIpc) is 3.25. The Labute approximate surface area is 155 Å². The van der Waals surface area contributed by atoms with Crippen molar-refractivity contribution < 1.29 is 4.79 Å². The number of benzene rings is 1. The van der Waals surface area contributed by atoms with Gasteiger partial charge in [0.1, 0.15) is 0 Å². The first-order valence-corrected chi connectivity index (χ1v) is 10.4. The molecule has 1 aromatic heterocycles. The van der Waals surface area contributed by atoms with Gasteiger partial charge in [-0.05, 0) is 44.1 Å². The third kappa shape index (κ3) is 4.04. The van der Waals surface area contributed by atoms with Crippen LogP contribution in [0.25, 0.3) is 11.3 Å². The Morgan fingerprint density at radius 3 is 2.72 bits per heavy atom. The van der Waals surface area contributed by atoms with Crippen molar-refractivity contribution in [1.82, 2.24) is 4.68 Å². The second-order valence-corrected chi connectivity index (χ2v) is 7.59. The Balaban J connectivity index is 2.06. The zero-order valence-electron chi connectivity index (χ0n) is 14.7. The fourth-order valence-corrected chi connectivity index (χ4v) is 4.29. The Morgan fingerprint density at radius 1 is 1.32 bits per heavy atom. The van der Waals surface area contributed by atoms with E-state index in [9.17, 15) is 4.79 Å². The molecule has 25 heavy (non-hydrogen) atoms.